The quantitative estimate of drug-likeness (QED) is 0.699. The summed E-state index contributed by atoms with van der Waals surface area (Å²) >= 11 is 0. The molecule has 6 heteroatoms. The molecule has 0 fully saturated rings. The number of hydrogen-bond acceptors (Lipinski definition) is 5. The Hall–Kier alpha value is -3.41. The van der Waals surface area contributed by atoms with Gasteiger partial charge in [-0.2, -0.15) is 0 Å². The Kier molecular flexibility index (Phi) is 5.43. The summed E-state index contributed by atoms with van der Waals surface area (Å²) < 4.78 is 5.57. The van der Waals surface area contributed by atoms with Crippen LogP contribution in [0, 0.1) is 6.92 Å². The van der Waals surface area contributed by atoms with Gasteiger partial charge in [0, 0.05) is 18.1 Å². The molecule has 0 aliphatic carbocycles. The smallest absolute Gasteiger partial charge is 0.258 e. The Morgan fingerprint density at radius 3 is 2.58 bits per heavy atom. The molecule has 1 heterocycles. The first kappa shape index (κ1) is 17.4. The number of nitrogens with zero attached hydrogens (tertiary/aromatic N) is 2. The zero-order valence-electron chi connectivity index (χ0n) is 14.7. The highest BCUT2D eigenvalue weighted by molar-refractivity contribution is 6.03. The molecule has 0 saturated heterocycles. The van der Waals surface area contributed by atoms with E-state index in [2.05, 4.69) is 20.6 Å². The fourth-order valence-electron chi connectivity index (χ4n) is 2.41. The molecular formula is C20H20N4O2. The molecule has 3 rings (SSSR count). The molecular weight excluding hydrogens is 328 g/mol. The second-order valence-corrected chi connectivity index (χ2v) is 5.67. The van der Waals surface area contributed by atoms with Crippen LogP contribution in [0.2, 0.25) is 0 Å². The zero-order valence-corrected chi connectivity index (χ0v) is 14.7. The van der Waals surface area contributed by atoms with E-state index in [0.717, 1.165) is 22.7 Å². The lowest BCUT2D eigenvalue weighted by Crippen LogP contribution is -2.13. The zero-order chi connectivity index (χ0) is 18.4. The van der Waals surface area contributed by atoms with Crippen molar-refractivity contribution >= 4 is 23.2 Å². The van der Waals surface area contributed by atoms with Gasteiger partial charge in [-0.3, -0.25) is 4.79 Å². The number of carbonyl (C=O) groups is 1. The first-order chi connectivity index (χ1) is 12.7. The lowest BCUT2D eigenvalue weighted by molar-refractivity contribution is 0.102. The van der Waals surface area contributed by atoms with Crippen molar-refractivity contribution in [3.8, 4) is 5.75 Å². The minimum atomic E-state index is -0.253. The van der Waals surface area contributed by atoms with Crippen molar-refractivity contribution in [1.82, 2.24) is 9.97 Å². The number of rotatable bonds is 6. The van der Waals surface area contributed by atoms with Crippen molar-refractivity contribution in [3.63, 3.8) is 0 Å². The molecule has 1 aromatic heterocycles. The molecule has 0 saturated carbocycles. The number of hydrogen-bond donors (Lipinski definition) is 2. The van der Waals surface area contributed by atoms with Gasteiger partial charge in [0.25, 0.3) is 5.91 Å². The van der Waals surface area contributed by atoms with E-state index in [-0.39, 0.29) is 5.91 Å². The summed E-state index contributed by atoms with van der Waals surface area (Å²) in [6.45, 7) is 4.46. The number of anilines is 3. The van der Waals surface area contributed by atoms with Gasteiger partial charge in [-0.15, -0.1) is 0 Å². The highest BCUT2D eigenvalue weighted by Crippen LogP contribution is 2.25. The van der Waals surface area contributed by atoms with Crippen molar-refractivity contribution in [3.05, 3.63) is 72.1 Å². The van der Waals surface area contributed by atoms with Crippen LogP contribution in [0.5, 0.6) is 5.75 Å². The highest BCUT2D eigenvalue weighted by atomic mass is 16.5. The van der Waals surface area contributed by atoms with Crippen LogP contribution in [0.15, 0.2) is 60.9 Å². The van der Waals surface area contributed by atoms with Crippen LogP contribution < -0.4 is 15.4 Å². The van der Waals surface area contributed by atoms with Crippen LogP contribution in [-0.2, 0) is 0 Å². The van der Waals surface area contributed by atoms with Crippen LogP contribution in [0.3, 0.4) is 0 Å². The minimum Gasteiger partial charge on any atom is -0.492 e. The summed E-state index contributed by atoms with van der Waals surface area (Å²) in [5.41, 5.74) is 2.97. The van der Waals surface area contributed by atoms with E-state index < -0.39 is 0 Å². The molecule has 0 spiro atoms. The van der Waals surface area contributed by atoms with Crippen molar-refractivity contribution in [1.29, 1.82) is 0 Å². The molecule has 0 radical (unpaired) electrons. The van der Waals surface area contributed by atoms with Crippen molar-refractivity contribution in [2.24, 2.45) is 0 Å². The Morgan fingerprint density at radius 1 is 1.08 bits per heavy atom. The predicted molar refractivity (Wildman–Crippen MR) is 102 cm³/mol. The topological polar surface area (TPSA) is 76.1 Å². The molecule has 0 aliphatic rings. The summed E-state index contributed by atoms with van der Waals surface area (Å²) in [7, 11) is 0. The van der Waals surface area contributed by atoms with E-state index in [4.69, 9.17) is 4.74 Å². The summed E-state index contributed by atoms with van der Waals surface area (Å²) in [5, 5.41) is 5.94. The highest BCUT2D eigenvalue weighted by Gasteiger charge is 2.09. The monoisotopic (exact) mass is 348 g/mol. The predicted octanol–water partition coefficient (Wildman–Crippen LogP) is 4.18. The number of amides is 1. The maximum absolute atomic E-state index is 12.3. The first-order valence-corrected chi connectivity index (χ1v) is 8.34. The van der Waals surface area contributed by atoms with Crippen LogP contribution in [0.25, 0.3) is 0 Å². The molecule has 132 valence electrons. The summed E-state index contributed by atoms with van der Waals surface area (Å²) in [5.74, 6) is 0.862. The molecule has 26 heavy (non-hydrogen) atoms. The molecule has 6 nitrogen and oxygen atoms in total. The van der Waals surface area contributed by atoms with Gasteiger partial charge in [-0.1, -0.05) is 24.3 Å². The molecule has 2 N–H and O–H groups in total. The van der Waals surface area contributed by atoms with Crippen molar-refractivity contribution < 1.29 is 9.53 Å². The maximum Gasteiger partial charge on any atom is 0.258 e. The van der Waals surface area contributed by atoms with Gasteiger partial charge in [-0.25, -0.2) is 9.97 Å². The first-order valence-electron chi connectivity index (χ1n) is 8.34. The molecule has 2 aromatic carbocycles. The average Bonchev–Trinajstić information content (AvgIpc) is 2.64. The van der Waals surface area contributed by atoms with Gasteiger partial charge in [0.1, 0.15) is 5.75 Å². The Labute approximate surface area is 152 Å². The number of para-hydroxylation sites is 2. The molecule has 0 unspecified atom stereocenters. The lowest BCUT2D eigenvalue weighted by atomic mass is 10.2. The van der Waals surface area contributed by atoms with Gasteiger partial charge in [0.15, 0.2) is 0 Å². The van der Waals surface area contributed by atoms with Gasteiger partial charge in [0.05, 0.1) is 17.9 Å². The van der Waals surface area contributed by atoms with Gasteiger partial charge >= 0.3 is 0 Å². The number of ether oxygens (including phenoxy) is 1. The second-order valence-electron chi connectivity index (χ2n) is 5.67. The fourth-order valence-corrected chi connectivity index (χ4v) is 2.41. The normalized spacial score (nSPS) is 10.2. The standard InChI is InChI=1S/C20H20N4O2/c1-3-26-18-10-5-4-9-17(18)24-20-21-12-15(13-22-20)19(25)23-16-8-6-7-14(2)11-16/h4-13H,3H2,1-2H3,(H,23,25)(H,21,22,24). The fraction of sp³-hybridized carbons (Fsp3) is 0.150. The third-order valence-corrected chi connectivity index (χ3v) is 3.62. The van der Waals surface area contributed by atoms with E-state index in [0.29, 0.717) is 18.1 Å². The van der Waals surface area contributed by atoms with Gasteiger partial charge < -0.3 is 15.4 Å². The minimum absolute atomic E-state index is 0.253. The third kappa shape index (κ3) is 4.36. The van der Waals surface area contributed by atoms with E-state index >= 15 is 0 Å². The van der Waals surface area contributed by atoms with Crippen LogP contribution in [0.1, 0.15) is 22.8 Å². The number of benzene rings is 2. The molecule has 0 bridgehead atoms. The SMILES string of the molecule is CCOc1ccccc1Nc1ncc(C(=O)Nc2cccc(C)c2)cn1. The van der Waals surface area contributed by atoms with Gasteiger partial charge in [-0.05, 0) is 43.7 Å². The number of carbonyl (C=O) groups excluding carboxylic acids is 1. The number of aryl methyl sites for hydroxylation is 1. The Bertz CT molecular complexity index is 894. The lowest BCUT2D eigenvalue weighted by Gasteiger charge is -2.11. The van der Waals surface area contributed by atoms with E-state index in [1.807, 2.05) is 62.4 Å². The summed E-state index contributed by atoms with van der Waals surface area (Å²) in [6, 6.07) is 15.2. The largest absolute Gasteiger partial charge is 0.492 e. The number of nitrogens with one attached hydrogen (secondary N) is 2. The van der Waals surface area contributed by atoms with E-state index in [9.17, 15) is 4.79 Å². The molecule has 0 atom stereocenters. The van der Waals surface area contributed by atoms with Crippen molar-refractivity contribution in [2.45, 2.75) is 13.8 Å². The van der Waals surface area contributed by atoms with Crippen molar-refractivity contribution in [2.75, 3.05) is 17.2 Å². The second kappa shape index (κ2) is 8.11. The van der Waals surface area contributed by atoms with Crippen LogP contribution in [-0.4, -0.2) is 22.5 Å². The third-order valence-electron chi connectivity index (χ3n) is 3.62. The Morgan fingerprint density at radius 2 is 1.85 bits per heavy atom. The molecule has 1 amide bonds. The Balaban J connectivity index is 1.69. The maximum atomic E-state index is 12.3. The van der Waals surface area contributed by atoms with Crippen LogP contribution >= 0.6 is 0 Å². The molecule has 0 aliphatic heterocycles. The summed E-state index contributed by atoms with van der Waals surface area (Å²) in [6.07, 6.45) is 2.98. The van der Waals surface area contributed by atoms with E-state index in [1.165, 1.54) is 12.4 Å². The summed E-state index contributed by atoms with van der Waals surface area (Å²) in [4.78, 5) is 20.7. The molecule has 3 aromatic rings. The van der Waals surface area contributed by atoms with E-state index in [1.54, 1.807) is 0 Å². The number of aromatic nitrogens is 2. The average molecular weight is 348 g/mol. The van der Waals surface area contributed by atoms with Gasteiger partial charge in [0.2, 0.25) is 5.95 Å². The van der Waals surface area contributed by atoms with Crippen LogP contribution in [0.4, 0.5) is 17.3 Å².